The van der Waals surface area contributed by atoms with Gasteiger partial charge in [0.25, 0.3) is 0 Å². The molecule has 3 rings (SSSR count). The molecule has 1 aliphatic heterocycles. The number of aliphatic imine (C=N–C) groups is 1. The van der Waals surface area contributed by atoms with Gasteiger partial charge in [-0.05, 0) is 30.9 Å². The van der Waals surface area contributed by atoms with E-state index in [0.717, 1.165) is 6.42 Å². The Morgan fingerprint density at radius 2 is 2.14 bits per heavy atom. The fourth-order valence-corrected chi connectivity index (χ4v) is 3.45. The summed E-state index contributed by atoms with van der Waals surface area (Å²) in [7, 11) is 0. The van der Waals surface area contributed by atoms with Crippen molar-refractivity contribution in [1.29, 1.82) is 0 Å². The molecule has 8 heteroatoms. The van der Waals surface area contributed by atoms with Crippen LogP contribution in [0.4, 0.5) is 14.9 Å². The molecule has 7 nitrogen and oxygen atoms in total. The lowest BCUT2D eigenvalue weighted by molar-refractivity contribution is 0.144. The number of carboxylic acid groups (broad SMARTS) is 1. The second-order valence-electron chi connectivity index (χ2n) is 8.33. The molecule has 1 aromatic heterocycles. The van der Waals surface area contributed by atoms with Crippen LogP contribution >= 0.6 is 0 Å². The van der Waals surface area contributed by atoms with Crippen molar-refractivity contribution in [2.45, 2.75) is 46.7 Å². The molecule has 2 aromatic rings. The number of aromatic nitrogens is 1. The molecule has 0 saturated carbocycles. The van der Waals surface area contributed by atoms with Crippen LogP contribution in [0, 0.1) is 11.2 Å². The zero-order valence-corrected chi connectivity index (χ0v) is 17.1. The summed E-state index contributed by atoms with van der Waals surface area (Å²) in [5, 5.41) is 8.92. The van der Waals surface area contributed by atoms with E-state index < -0.39 is 17.4 Å². The SMILES string of the molecule is CCn1cc(OC(=O)O)c(=O)c2cc(F)c(N3CCC(N=CC(C)(C)C)C3)cc21. The zero-order valence-electron chi connectivity index (χ0n) is 17.1. The van der Waals surface area contributed by atoms with Crippen LogP contribution in [0.2, 0.25) is 0 Å². The third-order valence-electron chi connectivity index (χ3n) is 4.83. The summed E-state index contributed by atoms with van der Waals surface area (Å²) >= 11 is 0. The number of hydrogen-bond acceptors (Lipinski definition) is 5. The summed E-state index contributed by atoms with van der Waals surface area (Å²) in [4.78, 5) is 30.0. The van der Waals surface area contributed by atoms with Crippen LogP contribution in [0.3, 0.4) is 0 Å². The highest BCUT2D eigenvalue weighted by Crippen LogP contribution is 2.29. The number of rotatable bonds is 4. The normalized spacial score (nSPS) is 17.4. The van der Waals surface area contributed by atoms with Gasteiger partial charge >= 0.3 is 6.16 Å². The Balaban J connectivity index is 1.99. The topological polar surface area (TPSA) is 84.1 Å². The molecule has 0 bridgehead atoms. The van der Waals surface area contributed by atoms with Crippen LogP contribution in [0.5, 0.6) is 5.75 Å². The number of carbonyl (C=O) groups is 1. The van der Waals surface area contributed by atoms with Gasteiger partial charge < -0.3 is 19.3 Å². The van der Waals surface area contributed by atoms with Crippen molar-refractivity contribution in [3.63, 3.8) is 0 Å². The number of nitrogens with zero attached hydrogens (tertiary/aromatic N) is 3. The summed E-state index contributed by atoms with van der Waals surface area (Å²) in [6, 6.07) is 2.92. The molecular formula is C21H26FN3O4. The van der Waals surface area contributed by atoms with E-state index in [1.807, 2.05) is 18.0 Å². The smallest absolute Gasteiger partial charge is 0.449 e. The molecule has 1 atom stereocenters. The minimum atomic E-state index is -1.58. The highest BCUT2D eigenvalue weighted by Gasteiger charge is 2.25. The first-order valence-corrected chi connectivity index (χ1v) is 9.66. The van der Waals surface area contributed by atoms with Crippen LogP contribution in [-0.2, 0) is 6.54 Å². The molecule has 1 N–H and O–H groups in total. The molecule has 0 spiro atoms. The molecule has 1 saturated heterocycles. The first-order valence-electron chi connectivity index (χ1n) is 9.66. The number of fused-ring (bicyclic) bond motifs is 1. The van der Waals surface area contributed by atoms with Crippen molar-refractivity contribution in [2.24, 2.45) is 10.4 Å². The second kappa shape index (κ2) is 7.85. The zero-order chi connectivity index (χ0) is 21.3. The number of pyridine rings is 1. The second-order valence-corrected chi connectivity index (χ2v) is 8.33. The van der Waals surface area contributed by atoms with Crippen molar-refractivity contribution in [2.75, 3.05) is 18.0 Å². The first kappa shape index (κ1) is 20.8. The standard InChI is InChI=1S/C21H26FN3O4/c1-5-24-11-18(29-20(27)28)19(26)14-8-15(22)17(9-16(14)24)25-7-6-13(10-25)23-12-21(2,3)4/h8-9,11-13H,5-7,10H2,1-4H3,(H,27,28). The highest BCUT2D eigenvalue weighted by molar-refractivity contribution is 5.85. The number of benzene rings is 1. The molecule has 1 aliphatic rings. The van der Waals surface area contributed by atoms with Gasteiger partial charge in [0.15, 0.2) is 5.75 Å². The summed E-state index contributed by atoms with van der Waals surface area (Å²) in [5.74, 6) is -0.859. The summed E-state index contributed by atoms with van der Waals surface area (Å²) in [6.07, 6.45) is 2.54. The van der Waals surface area contributed by atoms with E-state index in [2.05, 4.69) is 30.5 Å². The number of ether oxygens (including phenoxy) is 1. The lowest BCUT2D eigenvalue weighted by Crippen LogP contribution is -2.23. The number of halogens is 1. The van der Waals surface area contributed by atoms with Crippen molar-refractivity contribution < 1.29 is 19.0 Å². The molecule has 0 aliphatic carbocycles. The predicted molar refractivity (Wildman–Crippen MR) is 111 cm³/mol. The molecule has 1 unspecified atom stereocenters. The van der Waals surface area contributed by atoms with Crippen molar-refractivity contribution in [3.8, 4) is 5.75 Å². The molecule has 156 valence electrons. The van der Waals surface area contributed by atoms with E-state index >= 15 is 0 Å². The lowest BCUT2D eigenvalue weighted by atomic mass is 9.99. The Bertz CT molecular complexity index is 1020. The fraction of sp³-hybridized carbons (Fsp3) is 0.476. The quantitative estimate of drug-likeness (QED) is 0.618. The van der Waals surface area contributed by atoms with E-state index in [4.69, 9.17) is 5.11 Å². The van der Waals surface area contributed by atoms with Crippen molar-refractivity contribution >= 4 is 29.0 Å². The van der Waals surface area contributed by atoms with Gasteiger partial charge in [0.1, 0.15) is 5.82 Å². The average Bonchev–Trinajstić information content (AvgIpc) is 3.10. The maximum atomic E-state index is 14.9. The number of aryl methyl sites for hydroxylation is 1. The Labute approximate surface area is 168 Å². The summed E-state index contributed by atoms with van der Waals surface area (Å²) < 4.78 is 21.2. The Morgan fingerprint density at radius 3 is 2.76 bits per heavy atom. The van der Waals surface area contributed by atoms with Gasteiger partial charge in [0, 0.05) is 25.8 Å². The Morgan fingerprint density at radius 1 is 1.41 bits per heavy atom. The van der Waals surface area contributed by atoms with Gasteiger partial charge in [-0.2, -0.15) is 0 Å². The first-order chi connectivity index (χ1) is 13.6. The van der Waals surface area contributed by atoms with E-state index in [-0.39, 0.29) is 22.6 Å². The largest absolute Gasteiger partial charge is 0.511 e. The van der Waals surface area contributed by atoms with Gasteiger partial charge in [-0.1, -0.05) is 20.8 Å². The van der Waals surface area contributed by atoms with Gasteiger partial charge in [0.05, 0.1) is 28.8 Å². The van der Waals surface area contributed by atoms with Gasteiger partial charge in [-0.15, -0.1) is 0 Å². The molecule has 0 radical (unpaired) electrons. The Kier molecular flexibility index (Phi) is 5.64. The highest BCUT2D eigenvalue weighted by atomic mass is 19.1. The molecule has 0 amide bonds. The average molecular weight is 403 g/mol. The number of hydrogen-bond donors (Lipinski definition) is 1. The van der Waals surface area contributed by atoms with Gasteiger partial charge in [-0.3, -0.25) is 9.79 Å². The maximum absolute atomic E-state index is 14.9. The van der Waals surface area contributed by atoms with Crippen molar-refractivity contribution in [3.05, 3.63) is 34.4 Å². The van der Waals surface area contributed by atoms with Gasteiger partial charge in [-0.25, -0.2) is 9.18 Å². The van der Waals surface area contributed by atoms with Crippen molar-refractivity contribution in [1.82, 2.24) is 4.57 Å². The van der Waals surface area contributed by atoms with Crippen LogP contribution in [0.1, 0.15) is 34.1 Å². The third kappa shape index (κ3) is 4.58. The minimum Gasteiger partial charge on any atom is -0.449 e. The van der Waals surface area contributed by atoms with Crippen LogP contribution in [-0.4, -0.2) is 41.2 Å². The molecule has 2 heterocycles. The van der Waals surface area contributed by atoms with E-state index in [0.29, 0.717) is 30.8 Å². The van der Waals surface area contributed by atoms with Crippen LogP contribution in [0.25, 0.3) is 10.9 Å². The maximum Gasteiger partial charge on any atom is 0.511 e. The van der Waals surface area contributed by atoms with E-state index in [9.17, 15) is 14.0 Å². The Hall–Kier alpha value is -2.90. The molecule has 1 fully saturated rings. The molecular weight excluding hydrogens is 377 g/mol. The third-order valence-corrected chi connectivity index (χ3v) is 4.83. The monoisotopic (exact) mass is 403 g/mol. The van der Waals surface area contributed by atoms with Crippen LogP contribution in [0.15, 0.2) is 28.1 Å². The van der Waals surface area contributed by atoms with Gasteiger partial charge in [0.2, 0.25) is 5.43 Å². The summed E-state index contributed by atoms with van der Waals surface area (Å²) in [5.41, 5.74) is 0.300. The molecule has 29 heavy (non-hydrogen) atoms. The molecule has 1 aromatic carbocycles. The van der Waals surface area contributed by atoms with E-state index in [1.54, 1.807) is 10.6 Å². The van der Waals surface area contributed by atoms with E-state index in [1.165, 1.54) is 12.3 Å². The number of anilines is 1. The summed E-state index contributed by atoms with van der Waals surface area (Å²) in [6.45, 7) is 9.84. The fourth-order valence-electron chi connectivity index (χ4n) is 3.45. The predicted octanol–water partition coefficient (Wildman–Crippen LogP) is 3.91. The lowest BCUT2D eigenvalue weighted by Gasteiger charge is -2.21. The van der Waals surface area contributed by atoms with Crippen LogP contribution < -0.4 is 15.1 Å². The minimum absolute atomic E-state index is 0.00541.